The number of fused-ring (bicyclic) bond motifs is 4. The number of phenols is 1. The average molecular weight is 738 g/mol. The minimum Gasteiger partial charge on any atom is -0.507 e. The van der Waals surface area contributed by atoms with Gasteiger partial charge >= 0.3 is 0 Å². The van der Waals surface area contributed by atoms with Crippen molar-refractivity contribution in [2.24, 2.45) is 0 Å². The number of phenolic OH excluding ortho intramolecular Hbond substituents is 1. The third-order valence-corrected chi connectivity index (χ3v) is 10.9. The third kappa shape index (κ3) is 5.87. The molecule has 7 aromatic carbocycles. The normalized spacial score (nSPS) is 11.8. The fraction of sp³-hybridized carbons (Fsp3) is 0.0769. The van der Waals surface area contributed by atoms with Gasteiger partial charge in [-0.1, -0.05) is 154 Å². The van der Waals surface area contributed by atoms with Gasteiger partial charge in [-0.2, -0.15) is 0 Å². The van der Waals surface area contributed by atoms with Crippen molar-refractivity contribution >= 4 is 33.0 Å². The van der Waals surface area contributed by atoms with Crippen molar-refractivity contribution in [1.29, 1.82) is 0 Å². The smallest absolute Gasteiger partial charge is 0.149 e. The molecular formula is C52H39N3O2. The van der Waals surface area contributed by atoms with E-state index in [9.17, 15) is 5.11 Å². The highest BCUT2D eigenvalue weighted by Crippen LogP contribution is 2.44. The molecule has 0 aliphatic carbocycles. The number of nitrogens with zero attached hydrogens (tertiary/aromatic N) is 3. The zero-order valence-electron chi connectivity index (χ0n) is 31.9. The van der Waals surface area contributed by atoms with Crippen LogP contribution in [0, 0.1) is 0 Å². The van der Waals surface area contributed by atoms with Crippen LogP contribution in [0.2, 0.25) is 0 Å². The van der Waals surface area contributed by atoms with Gasteiger partial charge in [-0.15, -0.1) is 0 Å². The summed E-state index contributed by atoms with van der Waals surface area (Å²) in [4.78, 5) is 10.8. The quantitative estimate of drug-likeness (QED) is 0.185. The molecule has 5 nitrogen and oxygen atoms in total. The van der Waals surface area contributed by atoms with Crippen molar-refractivity contribution in [2.45, 2.75) is 26.2 Å². The summed E-state index contributed by atoms with van der Waals surface area (Å²) >= 11 is 0. The molecule has 0 saturated carbocycles. The second-order valence-corrected chi connectivity index (χ2v) is 15.6. The van der Waals surface area contributed by atoms with Gasteiger partial charge in [-0.05, 0) is 64.6 Å². The number of para-hydroxylation sites is 5. The summed E-state index contributed by atoms with van der Waals surface area (Å²) in [6, 6.07) is 60.1. The molecule has 3 heterocycles. The van der Waals surface area contributed by atoms with Crippen molar-refractivity contribution < 1.29 is 9.52 Å². The molecule has 0 atom stereocenters. The number of furan rings is 1. The Balaban J connectivity index is 1.28. The molecule has 274 valence electrons. The van der Waals surface area contributed by atoms with Gasteiger partial charge < -0.3 is 9.52 Å². The van der Waals surface area contributed by atoms with E-state index >= 15 is 0 Å². The Morgan fingerprint density at radius 3 is 1.70 bits per heavy atom. The highest BCUT2D eigenvalue weighted by atomic mass is 16.3. The maximum Gasteiger partial charge on any atom is 0.149 e. The number of rotatable bonds is 6. The van der Waals surface area contributed by atoms with Crippen molar-refractivity contribution in [3.05, 3.63) is 181 Å². The lowest BCUT2D eigenvalue weighted by Crippen LogP contribution is -2.12. The molecule has 57 heavy (non-hydrogen) atoms. The fourth-order valence-corrected chi connectivity index (χ4v) is 8.03. The van der Waals surface area contributed by atoms with E-state index in [4.69, 9.17) is 14.4 Å². The van der Waals surface area contributed by atoms with Crippen molar-refractivity contribution in [3.63, 3.8) is 0 Å². The lowest BCUT2D eigenvalue weighted by molar-refractivity contribution is 0.477. The number of benzene rings is 7. The predicted octanol–water partition coefficient (Wildman–Crippen LogP) is 13.7. The molecule has 10 aromatic rings. The standard InChI is InChI=1S/C52H39N3O2/c1-52(2,3)35-31-43(40-22-11-13-30-47(40)56)53-44(32-35)41-26-16-29-46-48(41)54-51(55(46)45-28-12-10-21-36(45)33-17-6-4-7-18-33)42-27-15-25-39-38-24-14-23-37(49(38)57-50(39)42)34-19-8-5-9-20-34/h4-32,56H,1-3H3. The Bertz CT molecular complexity index is 3120. The molecule has 0 aliphatic heterocycles. The van der Waals surface area contributed by atoms with Crippen LogP contribution in [0.15, 0.2) is 180 Å². The van der Waals surface area contributed by atoms with Crippen LogP contribution in [0.1, 0.15) is 26.3 Å². The Morgan fingerprint density at radius 2 is 1.02 bits per heavy atom. The summed E-state index contributed by atoms with van der Waals surface area (Å²) in [5.41, 5.74) is 13.6. The van der Waals surface area contributed by atoms with Crippen molar-refractivity contribution in [1.82, 2.24) is 14.5 Å². The zero-order chi connectivity index (χ0) is 38.7. The van der Waals surface area contributed by atoms with Gasteiger partial charge in [0.1, 0.15) is 22.7 Å². The van der Waals surface area contributed by atoms with Crippen LogP contribution in [0.3, 0.4) is 0 Å². The van der Waals surface area contributed by atoms with E-state index in [1.54, 1.807) is 6.07 Å². The molecule has 0 saturated heterocycles. The Hall–Kier alpha value is -7.24. The molecule has 0 fully saturated rings. The first-order valence-corrected chi connectivity index (χ1v) is 19.3. The van der Waals surface area contributed by atoms with Crippen LogP contribution in [0.4, 0.5) is 0 Å². The third-order valence-electron chi connectivity index (χ3n) is 10.9. The van der Waals surface area contributed by atoms with Gasteiger partial charge in [0.25, 0.3) is 0 Å². The number of aromatic hydroxyl groups is 1. The molecule has 0 bridgehead atoms. The predicted molar refractivity (Wildman–Crippen MR) is 234 cm³/mol. The molecule has 0 spiro atoms. The summed E-state index contributed by atoms with van der Waals surface area (Å²) in [7, 11) is 0. The Labute approximate surface area is 331 Å². The van der Waals surface area contributed by atoms with Crippen LogP contribution >= 0.6 is 0 Å². The van der Waals surface area contributed by atoms with E-state index in [1.807, 2.05) is 30.3 Å². The van der Waals surface area contributed by atoms with Gasteiger partial charge in [0.15, 0.2) is 0 Å². The first-order chi connectivity index (χ1) is 27.8. The fourth-order valence-electron chi connectivity index (χ4n) is 8.03. The molecule has 10 rings (SSSR count). The van der Waals surface area contributed by atoms with E-state index in [0.717, 1.165) is 89.1 Å². The van der Waals surface area contributed by atoms with Crippen LogP contribution < -0.4 is 0 Å². The van der Waals surface area contributed by atoms with Crippen LogP contribution in [-0.4, -0.2) is 19.6 Å². The van der Waals surface area contributed by atoms with Gasteiger partial charge in [0.05, 0.1) is 33.7 Å². The van der Waals surface area contributed by atoms with Crippen LogP contribution in [0.5, 0.6) is 5.75 Å². The Kier molecular flexibility index (Phi) is 8.12. The summed E-state index contributed by atoms with van der Waals surface area (Å²) in [6.07, 6.45) is 0. The minimum absolute atomic E-state index is 0.181. The first kappa shape index (κ1) is 34.3. The number of hydrogen-bond acceptors (Lipinski definition) is 4. The second kappa shape index (κ2) is 13.5. The molecule has 0 amide bonds. The van der Waals surface area contributed by atoms with Gasteiger partial charge in [-0.3, -0.25) is 4.57 Å². The average Bonchev–Trinajstić information content (AvgIpc) is 3.83. The minimum atomic E-state index is -0.181. The molecule has 5 heteroatoms. The summed E-state index contributed by atoms with van der Waals surface area (Å²) < 4.78 is 9.26. The van der Waals surface area contributed by atoms with E-state index in [2.05, 4.69) is 165 Å². The monoisotopic (exact) mass is 737 g/mol. The van der Waals surface area contributed by atoms with E-state index in [0.29, 0.717) is 11.3 Å². The first-order valence-electron chi connectivity index (χ1n) is 19.3. The molecule has 0 aliphatic rings. The number of aromatic nitrogens is 3. The van der Waals surface area contributed by atoms with Crippen LogP contribution in [-0.2, 0) is 5.41 Å². The summed E-state index contributed by atoms with van der Waals surface area (Å²) in [5.74, 6) is 0.957. The van der Waals surface area contributed by atoms with Crippen molar-refractivity contribution in [2.75, 3.05) is 0 Å². The Morgan fingerprint density at radius 1 is 0.491 bits per heavy atom. The van der Waals surface area contributed by atoms with E-state index in [-0.39, 0.29) is 11.2 Å². The molecular weight excluding hydrogens is 699 g/mol. The molecule has 1 N–H and O–H groups in total. The SMILES string of the molecule is CC(C)(C)c1cc(-c2ccccc2O)nc(-c2cccc3c2nc(-c2cccc4c2oc2c(-c5ccccc5)cccc24)n3-c2ccccc2-c2ccccc2)c1. The molecule has 3 aromatic heterocycles. The number of hydrogen-bond donors (Lipinski definition) is 1. The zero-order valence-corrected chi connectivity index (χ0v) is 31.9. The van der Waals surface area contributed by atoms with E-state index < -0.39 is 0 Å². The van der Waals surface area contributed by atoms with Gasteiger partial charge in [0, 0.05) is 33.0 Å². The molecule has 0 unspecified atom stereocenters. The topological polar surface area (TPSA) is 64.1 Å². The molecule has 0 radical (unpaired) electrons. The highest BCUT2D eigenvalue weighted by Gasteiger charge is 2.25. The maximum absolute atomic E-state index is 11.0. The lowest BCUT2D eigenvalue weighted by Gasteiger charge is -2.21. The van der Waals surface area contributed by atoms with Gasteiger partial charge in [0.2, 0.25) is 0 Å². The number of pyridine rings is 1. The van der Waals surface area contributed by atoms with Crippen molar-refractivity contribution in [3.8, 4) is 67.6 Å². The maximum atomic E-state index is 11.0. The second-order valence-electron chi connectivity index (χ2n) is 15.6. The highest BCUT2D eigenvalue weighted by molar-refractivity contribution is 6.13. The summed E-state index contributed by atoms with van der Waals surface area (Å²) in [5, 5.41) is 13.0. The summed E-state index contributed by atoms with van der Waals surface area (Å²) in [6.45, 7) is 6.60. The van der Waals surface area contributed by atoms with E-state index in [1.165, 1.54) is 0 Å². The largest absolute Gasteiger partial charge is 0.507 e. The number of imidazole rings is 1. The van der Waals surface area contributed by atoms with Gasteiger partial charge in [-0.25, -0.2) is 9.97 Å². The lowest BCUT2D eigenvalue weighted by atomic mass is 9.85. The van der Waals surface area contributed by atoms with Crippen LogP contribution in [0.25, 0.3) is 94.8 Å².